The van der Waals surface area contributed by atoms with Crippen molar-refractivity contribution in [2.75, 3.05) is 11.9 Å². The Labute approximate surface area is 169 Å². The molecule has 4 aromatic rings. The fourth-order valence-electron chi connectivity index (χ4n) is 3.80. The lowest BCUT2D eigenvalue weighted by atomic mass is 10.1. The third-order valence-corrected chi connectivity index (χ3v) is 5.33. The van der Waals surface area contributed by atoms with Gasteiger partial charge < -0.3 is 10.3 Å². The molecule has 0 saturated carbocycles. The Hall–Kier alpha value is -3.66. The normalized spacial score (nSPS) is 11.0. The standard InChI is InChI=1S/C22H23N7/c1-13-17(18-11-16(12-23)5-6-19(18)26-13)7-9-24-22-25-10-8-20(27-22)21-14(2)28-29(4)15(21)3/h5-6,8,10-11,26H,7,9H2,1-4H3,(H,24,25,27). The van der Waals surface area contributed by atoms with Crippen LogP contribution in [0.25, 0.3) is 22.2 Å². The molecule has 2 N–H and O–H groups in total. The van der Waals surface area contributed by atoms with Gasteiger partial charge in [0.2, 0.25) is 5.95 Å². The summed E-state index contributed by atoms with van der Waals surface area (Å²) in [7, 11) is 1.94. The first kappa shape index (κ1) is 18.7. The number of H-pyrrole nitrogens is 1. The van der Waals surface area contributed by atoms with Crippen molar-refractivity contribution >= 4 is 16.9 Å². The summed E-state index contributed by atoms with van der Waals surface area (Å²) in [5, 5.41) is 18.1. The number of benzene rings is 1. The van der Waals surface area contributed by atoms with Gasteiger partial charge in [-0.3, -0.25) is 4.68 Å². The maximum absolute atomic E-state index is 9.18. The van der Waals surface area contributed by atoms with Crippen molar-refractivity contribution in [2.24, 2.45) is 7.05 Å². The number of nitrogens with one attached hydrogen (secondary N) is 2. The highest BCUT2D eigenvalue weighted by Crippen LogP contribution is 2.26. The van der Waals surface area contributed by atoms with E-state index in [9.17, 15) is 5.26 Å². The Balaban J connectivity index is 1.53. The number of aromatic nitrogens is 5. The van der Waals surface area contributed by atoms with Crippen molar-refractivity contribution in [3.8, 4) is 17.3 Å². The van der Waals surface area contributed by atoms with Crippen LogP contribution in [0.5, 0.6) is 0 Å². The van der Waals surface area contributed by atoms with E-state index in [4.69, 9.17) is 0 Å². The van der Waals surface area contributed by atoms with Crippen LogP contribution in [0.15, 0.2) is 30.5 Å². The van der Waals surface area contributed by atoms with Crippen LogP contribution in [-0.4, -0.2) is 31.3 Å². The van der Waals surface area contributed by atoms with Gasteiger partial charge in [-0.05, 0) is 57.0 Å². The van der Waals surface area contributed by atoms with Crippen LogP contribution in [0.4, 0.5) is 5.95 Å². The van der Waals surface area contributed by atoms with Crippen LogP contribution in [0, 0.1) is 32.1 Å². The molecule has 0 unspecified atom stereocenters. The number of hydrogen-bond acceptors (Lipinski definition) is 5. The van der Waals surface area contributed by atoms with E-state index in [0.717, 1.165) is 45.7 Å². The Bertz CT molecular complexity index is 1240. The average Bonchev–Trinajstić information content (AvgIpc) is 3.16. The maximum atomic E-state index is 9.18. The molecule has 146 valence electrons. The van der Waals surface area contributed by atoms with Crippen LogP contribution in [0.2, 0.25) is 0 Å². The molecule has 7 heteroatoms. The van der Waals surface area contributed by atoms with Crippen molar-refractivity contribution in [1.29, 1.82) is 5.26 Å². The van der Waals surface area contributed by atoms with Crippen molar-refractivity contribution in [1.82, 2.24) is 24.7 Å². The predicted octanol–water partition coefficient (Wildman–Crippen LogP) is 3.81. The third kappa shape index (κ3) is 3.45. The number of anilines is 1. The third-order valence-electron chi connectivity index (χ3n) is 5.33. The monoisotopic (exact) mass is 385 g/mol. The average molecular weight is 385 g/mol. The summed E-state index contributed by atoms with van der Waals surface area (Å²) in [6, 6.07) is 9.87. The van der Waals surface area contributed by atoms with Crippen molar-refractivity contribution in [3.05, 3.63) is 58.7 Å². The van der Waals surface area contributed by atoms with Gasteiger partial charge in [-0.1, -0.05) is 0 Å². The zero-order valence-electron chi connectivity index (χ0n) is 17.0. The summed E-state index contributed by atoms with van der Waals surface area (Å²) < 4.78 is 1.87. The van der Waals surface area contributed by atoms with E-state index in [0.29, 0.717) is 18.1 Å². The molecule has 3 aromatic heterocycles. The molecule has 0 saturated heterocycles. The molecule has 0 fully saturated rings. The molecule has 29 heavy (non-hydrogen) atoms. The minimum absolute atomic E-state index is 0.598. The van der Waals surface area contributed by atoms with Crippen LogP contribution >= 0.6 is 0 Å². The van der Waals surface area contributed by atoms with E-state index in [1.807, 2.05) is 49.8 Å². The Morgan fingerprint density at radius 1 is 1.21 bits per heavy atom. The predicted molar refractivity (Wildman–Crippen MR) is 114 cm³/mol. The van der Waals surface area contributed by atoms with Crippen molar-refractivity contribution in [3.63, 3.8) is 0 Å². The highest BCUT2D eigenvalue weighted by Gasteiger charge is 2.14. The molecular formula is C22H23N7. The van der Waals surface area contributed by atoms with Crippen LogP contribution in [-0.2, 0) is 13.5 Å². The van der Waals surface area contributed by atoms with Crippen molar-refractivity contribution in [2.45, 2.75) is 27.2 Å². The largest absolute Gasteiger partial charge is 0.358 e. The number of nitriles is 1. The van der Waals surface area contributed by atoms with Gasteiger partial charge in [0.15, 0.2) is 0 Å². The molecule has 0 bridgehead atoms. The first-order valence-corrected chi connectivity index (χ1v) is 9.56. The first-order valence-electron chi connectivity index (χ1n) is 9.56. The van der Waals surface area contributed by atoms with E-state index >= 15 is 0 Å². The Kier molecular flexibility index (Phi) is 4.77. The first-order chi connectivity index (χ1) is 14.0. The lowest BCUT2D eigenvalue weighted by molar-refractivity contribution is 0.731. The molecule has 1 aromatic carbocycles. The smallest absolute Gasteiger partial charge is 0.223 e. The highest BCUT2D eigenvalue weighted by molar-refractivity contribution is 5.86. The molecule has 3 heterocycles. The van der Waals surface area contributed by atoms with Gasteiger partial charge >= 0.3 is 0 Å². The summed E-state index contributed by atoms with van der Waals surface area (Å²) in [4.78, 5) is 12.4. The van der Waals surface area contributed by atoms with E-state index in [1.54, 1.807) is 6.20 Å². The van der Waals surface area contributed by atoms with Crippen LogP contribution in [0.1, 0.15) is 28.2 Å². The maximum Gasteiger partial charge on any atom is 0.223 e. The molecule has 0 spiro atoms. The molecule has 7 nitrogen and oxygen atoms in total. The minimum Gasteiger partial charge on any atom is -0.358 e. The second kappa shape index (κ2) is 7.40. The fraction of sp³-hybridized carbons (Fsp3) is 0.273. The second-order valence-electron chi connectivity index (χ2n) is 7.21. The number of rotatable bonds is 5. The molecule has 0 aliphatic carbocycles. The Morgan fingerprint density at radius 2 is 2.03 bits per heavy atom. The van der Waals surface area contributed by atoms with Gasteiger partial charge in [-0.15, -0.1) is 0 Å². The molecule has 0 radical (unpaired) electrons. The summed E-state index contributed by atoms with van der Waals surface area (Å²) in [6.45, 7) is 6.79. The summed E-state index contributed by atoms with van der Waals surface area (Å²) in [5.74, 6) is 0.598. The summed E-state index contributed by atoms with van der Waals surface area (Å²) in [6.07, 6.45) is 2.58. The van der Waals surface area contributed by atoms with Gasteiger partial charge in [0.25, 0.3) is 0 Å². The Morgan fingerprint density at radius 3 is 2.76 bits per heavy atom. The summed E-state index contributed by atoms with van der Waals surface area (Å²) in [5.41, 5.74) is 8.00. The number of fused-ring (bicyclic) bond motifs is 1. The van der Waals surface area contributed by atoms with Gasteiger partial charge in [0.05, 0.1) is 23.0 Å². The van der Waals surface area contributed by atoms with Gasteiger partial charge in [0, 0.05) is 47.6 Å². The molecule has 0 aliphatic rings. The number of aryl methyl sites for hydroxylation is 3. The zero-order chi connectivity index (χ0) is 20.5. The molecule has 4 rings (SSSR count). The van der Waals surface area contributed by atoms with E-state index in [2.05, 4.69) is 38.4 Å². The number of aromatic amines is 1. The second-order valence-corrected chi connectivity index (χ2v) is 7.21. The van der Waals surface area contributed by atoms with Crippen LogP contribution in [0.3, 0.4) is 0 Å². The van der Waals surface area contributed by atoms with E-state index in [-0.39, 0.29) is 0 Å². The lowest BCUT2D eigenvalue weighted by Crippen LogP contribution is -2.08. The van der Waals surface area contributed by atoms with Gasteiger partial charge in [-0.25, -0.2) is 9.97 Å². The number of hydrogen-bond donors (Lipinski definition) is 2. The molecule has 0 atom stereocenters. The number of nitrogens with zero attached hydrogens (tertiary/aromatic N) is 5. The SMILES string of the molecule is Cc1nn(C)c(C)c1-c1ccnc(NCCc2c(C)[nH]c3ccc(C#N)cc23)n1. The quantitative estimate of drug-likeness (QED) is 0.545. The topological polar surface area (TPSA) is 95.2 Å². The highest BCUT2D eigenvalue weighted by atomic mass is 15.3. The van der Waals surface area contributed by atoms with Gasteiger partial charge in [-0.2, -0.15) is 10.4 Å². The van der Waals surface area contributed by atoms with Crippen molar-refractivity contribution < 1.29 is 0 Å². The van der Waals surface area contributed by atoms with E-state index in [1.165, 1.54) is 5.56 Å². The van der Waals surface area contributed by atoms with Crippen LogP contribution < -0.4 is 5.32 Å². The van der Waals surface area contributed by atoms with Gasteiger partial charge in [0.1, 0.15) is 0 Å². The molecule has 0 amide bonds. The summed E-state index contributed by atoms with van der Waals surface area (Å²) >= 11 is 0. The molecular weight excluding hydrogens is 362 g/mol. The van der Waals surface area contributed by atoms with E-state index < -0.39 is 0 Å². The molecule has 0 aliphatic heterocycles. The fourth-order valence-corrected chi connectivity index (χ4v) is 3.80. The minimum atomic E-state index is 0.598. The zero-order valence-corrected chi connectivity index (χ0v) is 17.0. The lowest BCUT2D eigenvalue weighted by Gasteiger charge is -2.08.